The third-order valence-electron chi connectivity index (χ3n) is 6.20. The van der Waals surface area contributed by atoms with E-state index in [9.17, 15) is 22.8 Å². The third-order valence-corrected chi connectivity index (χ3v) is 6.20. The number of pyridine rings is 1. The van der Waals surface area contributed by atoms with Gasteiger partial charge in [0.05, 0.1) is 18.2 Å². The number of carboxylic acids is 1. The number of amides is 2. The Labute approximate surface area is 198 Å². The van der Waals surface area contributed by atoms with Crippen molar-refractivity contribution < 1.29 is 37.4 Å². The Kier molecular flexibility index (Phi) is 7.56. The molecule has 2 aliphatic rings. The molecule has 0 aromatic carbocycles. The number of nitrogens with one attached hydrogen (secondary N) is 1. The van der Waals surface area contributed by atoms with Crippen molar-refractivity contribution in [2.45, 2.75) is 26.4 Å². The number of hydrogen-bond donors (Lipinski definition) is 2. The maximum absolute atomic E-state index is 13.0. The summed E-state index contributed by atoms with van der Waals surface area (Å²) in [5.74, 6) is -2.24. The van der Waals surface area contributed by atoms with Crippen molar-refractivity contribution in [1.29, 1.82) is 0 Å². The normalized spacial score (nSPS) is 21.3. The first kappa shape index (κ1) is 25.8. The zero-order valence-corrected chi connectivity index (χ0v) is 19.0. The number of aryl methyl sites for hydroxylation is 1. The fourth-order valence-corrected chi connectivity index (χ4v) is 4.05. The molecule has 2 saturated heterocycles. The molecule has 1 spiro atoms. The molecule has 2 atom stereocenters. The van der Waals surface area contributed by atoms with Gasteiger partial charge in [-0.05, 0) is 32.4 Å². The van der Waals surface area contributed by atoms with Gasteiger partial charge in [0, 0.05) is 43.0 Å². The lowest BCUT2D eigenvalue weighted by Gasteiger charge is -2.28. The monoisotopic (exact) mass is 495 g/mol. The highest BCUT2D eigenvalue weighted by atomic mass is 19.4. The zero-order chi connectivity index (χ0) is 25.8. The van der Waals surface area contributed by atoms with Crippen LogP contribution in [0.1, 0.15) is 28.2 Å². The quantitative estimate of drug-likeness (QED) is 0.656. The highest BCUT2D eigenvalue weighted by molar-refractivity contribution is 5.95. The number of hydrogen-bond acceptors (Lipinski definition) is 7. The van der Waals surface area contributed by atoms with E-state index in [1.165, 1.54) is 6.33 Å². The van der Waals surface area contributed by atoms with Gasteiger partial charge in [0.1, 0.15) is 17.8 Å². The molecule has 2 amide bonds. The fourth-order valence-electron chi connectivity index (χ4n) is 4.05. The SMILES string of the molecule is Cc1ncnc(C(=O)N2CC[C@]3(C2)C(=O)NC[C@@H]3COc2cccnc2)c1C.O=C(O)C(F)(F)F. The number of carbonyl (C=O) groups excluding carboxylic acids is 2. The van der Waals surface area contributed by atoms with Crippen molar-refractivity contribution >= 4 is 17.8 Å². The minimum Gasteiger partial charge on any atom is -0.492 e. The van der Waals surface area contributed by atoms with Crippen LogP contribution in [0.4, 0.5) is 13.2 Å². The molecule has 4 heterocycles. The van der Waals surface area contributed by atoms with Crippen LogP contribution in [0.25, 0.3) is 0 Å². The Morgan fingerprint density at radius 1 is 1.31 bits per heavy atom. The van der Waals surface area contributed by atoms with Gasteiger partial charge in [-0.25, -0.2) is 14.8 Å². The summed E-state index contributed by atoms with van der Waals surface area (Å²) >= 11 is 0. The van der Waals surface area contributed by atoms with E-state index in [1.807, 2.05) is 26.0 Å². The van der Waals surface area contributed by atoms with E-state index in [4.69, 9.17) is 14.6 Å². The van der Waals surface area contributed by atoms with Gasteiger partial charge in [0.25, 0.3) is 5.91 Å². The van der Waals surface area contributed by atoms with Crippen LogP contribution in [0, 0.1) is 25.2 Å². The van der Waals surface area contributed by atoms with Crippen LogP contribution in [-0.2, 0) is 9.59 Å². The Bertz CT molecular complexity index is 1100. The second kappa shape index (κ2) is 10.2. The molecule has 2 fully saturated rings. The first-order valence-electron chi connectivity index (χ1n) is 10.6. The Morgan fingerprint density at radius 3 is 2.66 bits per heavy atom. The number of likely N-dealkylation sites (tertiary alicyclic amines) is 1. The molecule has 0 aliphatic carbocycles. The number of rotatable bonds is 4. The number of halogens is 3. The van der Waals surface area contributed by atoms with E-state index < -0.39 is 17.6 Å². The van der Waals surface area contributed by atoms with Crippen molar-refractivity contribution in [3.63, 3.8) is 0 Å². The number of nitrogens with zero attached hydrogens (tertiary/aromatic N) is 4. The van der Waals surface area contributed by atoms with Crippen molar-refractivity contribution in [2.75, 3.05) is 26.2 Å². The van der Waals surface area contributed by atoms with Gasteiger partial charge < -0.3 is 20.1 Å². The lowest BCUT2D eigenvalue weighted by atomic mass is 9.77. The van der Waals surface area contributed by atoms with E-state index in [0.29, 0.717) is 44.1 Å². The number of carboxylic acid groups (broad SMARTS) is 1. The van der Waals surface area contributed by atoms with Crippen LogP contribution in [0.3, 0.4) is 0 Å². The first-order valence-corrected chi connectivity index (χ1v) is 10.6. The topological polar surface area (TPSA) is 135 Å². The van der Waals surface area contributed by atoms with Crippen LogP contribution < -0.4 is 10.1 Å². The molecule has 10 nitrogen and oxygen atoms in total. The summed E-state index contributed by atoms with van der Waals surface area (Å²) in [7, 11) is 0. The smallest absolute Gasteiger partial charge is 0.490 e. The fraction of sp³-hybridized carbons (Fsp3) is 0.455. The summed E-state index contributed by atoms with van der Waals surface area (Å²) in [6.07, 6.45) is 0.289. The van der Waals surface area contributed by atoms with E-state index in [-0.39, 0.29) is 17.7 Å². The second-order valence-electron chi connectivity index (χ2n) is 8.28. The molecule has 35 heavy (non-hydrogen) atoms. The van der Waals surface area contributed by atoms with E-state index >= 15 is 0 Å². The third kappa shape index (κ3) is 5.66. The summed E-state index contributed by atoms with van der Waals surface area (Å²) in [4.78, 5) is 48.7. The van der Waals surface area contributed by atoms with E-state index in [1.54, 1.807) is 17.3 Å². The zero-order valence-electron chi connectivity index (χ0n) is 19.0. The van der Waals surface area contributed by atoms with Crippen LogP contribution in [0.2, 0.25) is 0 Å². The first-order chi connectivity index (χ1) is 16.5. The average molecular weight is 495 g/mol. The Balaban J connectivity index is 0.000000429. The molecular weight excluding hydrogens is 471 g/mol. The van der Waals surface area contributed by atoms with Gasteiger partial charge in [0.15, 0.2) is 0 Å². The maximum Gasteiger partial charge on any atom is 0.490 e. The van der Waals surface area contributed by atoms with Crippen molar-refractivity contribution in [2.24, 2.45) is 11.3 Å². The number of aliphatic carboxylic acids is 1. The molecule has 2 aliphatic heterocycles. The molecule has 188 valence electrons. The standard InChI is InChI=1S/C20H23N5O3.C2HF3O2/c1-13-14(2)23-12-24-17(13)18(26)25-7-5-20(11-25)15(8-22-19(20)27)10-28-16-4-3-6-21-9-16;3-2(4,5)1(6)7/h3-4,6,9,12,15H,5,7-8,10-11H2,1-2H3,(H,22,27);(H,6,7)/t15-,20-;/m1./s1. The lowest BCUT2D eigenvalue weighted by Crippen LogP contribution is -2.41. The molecule has 13 heteroatoms. The van der Waals surface area contributed by atoms with Crippen molar-refractivity contribution in [3.8, 4) is 5.75 Å². The summed E-state index contributed by atoms with van der Waals surface area (Å²) < 4.78 is 37.6. The number of carbonyl (C=O) groups is 3. The molecular formula is C22H24F3N5O5. The van der Waals surface area contributed by atoms with Crippen molar-refractivity contribution in [1.82, 2.24) is 25.2 Å². The van der Waals surface area contributed by atoms with Gasteiger partial charge >= 0.3 is 12.1 Å². The van der Waals surface area contributed by atoms with Gasteiger partial charge in [-0.2, -0.15) is 13.2 Å². The molecule has 0 radical (unpaired) electrons. The predicted octanol–water partition coefficient (Wildman–Crippen LogP) is 1.78. The van der Waals surface area contributed by atoms with Crippen molar-refractivity contribution in [3.05, 3.63) is 47.8 Å². The van der Waals surface area contributed by atoms with Gasteiger partial charge in [-0.15, -0.1) is 0 Å². The summed E-state index contributed by atoms with van der Waals surface area (Å²) in [5, 5.41) is 10.1. The highest BCUT2D eigenvalue weighted by Gasteiger charge is 2.55. The van der Waals surface area contributed by atoms with E-state index in [0.717, 1.165) is 11.3 Å². The highest BCUT2D eigenvalue weighted by Crippen LogP contribution is 2.42. The second-order valence-corrected chi connectivity index (χ2v) is 8.28. The number of alkyl halides is 3. The molecule has 2 aromatic heterocycles. The Morgan fingerprint density at radius 2 is 2.03 bits per heavy atom. The number of ether oxygens (including phenoxy) is 1. The maximum atomic E-state index is 13.0. The predicted molar refractivity (Wildman–Crippen MR) is 114 cm³/mol. The number of aromatic nitrogens is 3. The molecule has 0 saturated carbocycles. The summed E-state index contributed by atoms with van der Waals surface area (Å²) in [6, 6.07) is 3.65. The van der Waals surface area contributed by atoms with Gasteiger partial charge in [-0.3, -0.25) is 14.6 Å². The van der Waals surface area contributed by atoms with Crippen LogP contribution in [0.5, 0.6) is 5.75 Å². The molecule has 0 bridgehead atoms. The summed E-state index contributed by atoms with van der Waals surface area (Å²) in [6.45, 7) is 5.56. The Hall–Kier alpha value is -3.77. The van der Waals surface area contributed by atoms with Crippen LogP contribution in [-0.4, -0.2) is 75.2 Å². The van der Waals surface area contributed by atoms with Gasteiger partial charge in [-0.1, -0.05) is 0 Å². The molecule has 2 aromatic rings. The minimum absolute atomic E-state index is 0.00169. The largest absolute Gasteiger partial charge is 0.492 e. The van der Waals surface area contributed by atoms with Crippen LogP contribution in [0.15, 0.2) is 30.9 Å². The molecule has 4 rings (SSSR count). The minimum atomic E-state index is -5.08. The van der Waals surface area contributed by atoms with E-state index in [2.05, 4.69) is 20.3 Å². The molecule has 0 unspecified atom stereocenters. The lowest BCUT2D eigenvalue weighted by molar-refractivity contribution is -0.192. The van der Waals surface area contributed by atoms with Gasteiger partial charge in [0.2, 0.25) is 5.91 Å². The summed E-state index contributed by atoms with van der Waals surface area (Å²) in [5.41, 5.74) is 1.36. The average Bonchev–Trinajstić information content (AvgIpc) is 3.39. The molecule has 2 N–H and O–H groups in total. The van der Waals surface area contributed by atoms with Crippen LogP contribution >= 0.6 is 0 Å².